The number of carbonyl (C=O) groups is 2. The van der Waals surface area contributed by atoms with Gasteiger partial charge in [0, 0.05) is 31.4 Å². The molecule has 2 heterocycles. The second kappa shape index (κ2) is 11.2. The zero-order valence-electron chi connectivity index (χ0n) is 23.2. The third-order valence-electron chi connectivity index (χ3n) is 7.19. The Kier molecular flexibility index (Phi) is 8.12. The van der Waals surface area contributed by atoms with Crippen molar-refractivity contribution < 1.29 is 28.6 Å². The lowest BCUT2D eigenvalue weighted by Crippen LogP contribution is -2.53. The maximum Gasteiger partial charge on any atom is 0.411 e. The average molecular weight is 545 g/mol. The number of benzene rings is 1. The van der Waals surface area contributed by atoms with Crippen LogP contribution in [0.4, 0.5) is 26.8 Å². The highest BCUT2D eigenvalue weighted by molar-refractivity contribution is 5.86. The van der Waals surface area contributed by atoms with Crippen molar-refractivity contribution in [2.24, 2.45) is 0 Å². The first-order valence-corrected chi connectivity index (χ1v) is 13.3. The monoisotopic (exact) mass is 544 g/mol. The lowest BCUT2D eigenvalue weighted by molar-refractivity contribution is -0.150. The van der Waals surface area contributed by atoms with Crippen molar-refractivity contribution >= 4 is 29.6 Å². The van der Waals surface area contributed by atoms with Crippen LogP contribution in [0.25, 0.3) is 0 Å². The summed E-state index contributed by atoms with van der Waals surface area (Å²) in [5, 5.41) is 13.5. The predicted octanol–water partition coefficient (Wildman–Crippen LogP) is 4.84. The third kappa shape index (κ3) is 5.99. The van der Waals surface area contributed by atoms with Gasteiger partial charge in [-0.2, -0.15) is 15.0 Å². The van der Waals surface area contributed by atoms with Gasteiger partial charge >= 0.3 is 12.1 Å². The molecule has 1 amide bonds. The van der Waals surface area contributed by atoms with Gasteiger partial charge in [0.15, 0.2) is 17.4 Å². The number of rotatable bonds is 7. The first-order valence-electron chi connectivity index (χ1n) is 13.3. The van der Waals surface area contributed by atoms with E-state index in [9.17, 15) is 19.1 Å². The van der Waals surface area contributed by atoms with Crippen LogP contribution in [0.1, 0.15) is 71.5 Å². The summed E-state index contributed by atoms with van der Waals surface area (Å²) < 4.78 is 25.0. The van der Waals surface area contributed by atoms with E-state index in [2.05, 4.69) is 20.3 Å². The Bertz CT molecular complexity index is 1220. The van der Waals surface area contributed by atoms with Crippen LogP contribution in [0.3, 0.4) is 0 Å². The number of amides is 1. The second-order valence-electron chi connectivity index (χ2n) is 11.1. The third-order valence-corrected chi connectivity index (χ3v) is 7.19. The van der Waals surface area contributed by atoms with E-state index in [1.165, 1.54) is 24.1 Å². The highest BCUT2D eigenvalue weighted by Crippen LogP contribution is 2.40. The average Bonchev–Trinajstić information content (AvgIpc) is 3.35. The van der Waals surface area contributed by atoms with Crippen LogP contribution in [-0.2, 0) is 15.1 Å². The number of ether oxygens (including phenoxy) is 2. The maximum atomic E-state index is 14.4. The van der Waals surface area contributed by atoms with Crippen molar-refractivity contribution in [2.75, 3.05) is 30.9 Å². The minimum atomic E-state index is -1.85. The fourth-order valence-electron chi connectivity index (χ4n) is 5.20. The molecule has 212 valence electrons. The molecule has 11 nitrogen and oxygen atoms in total. The Labute approximate surface area is 227 Å². The van der Waals surface area contributed by atoms with Crippen molar-refractivity contribution in [2.45, 2.75) is 82.9 Å². The summed E-state index contributed by atoms with van der Waals surface area (Å²) in [5.74, 6) is -1.52. The molecule has 39 heavy (non-hydrogen) atoms. The highest BCUT2D eigenvalue weighted by Gasteiger charge is 2.55. The number of anilines is 3. The lowest BCUT2D eigenvalue weighted by atomic mass is 9.94. The van der Waals surface area contributed by atoms with Crippen LogP contribution in [0.15, 0.2) is 18.2 Å². The van der Waals surface area contributed by atoms with Crippen molar-refractivity contribution in [3.63, 3.8) is 0 Å². The number of hydrogen-bond donors (Lipinski definition) is 2. The van der Waals surface area contributed by atoms with Crippen molar-refractivity contribution in [1.82, 2.24) is 19.9 Å². The van der Waals surface area contributed by atoms with Gasteiger partial charge in [-0.25, -0.2) is 14.0 Å². The van der Waals surface area contributed by atoms with Crippen LogP contribution in [0, 0.1) is 5.82 Å². The Hall–Kier alpha value is -3.70. The number of hydrogen-bond acceptors (Lipinski definition) is 9. The fraction of sp³-hybridized carbons (Fsp3) is 0.593. The summed E-state index contributed by atoms with van der Waals surface area (Å²) in [5.41, 5.74) is -2.33. The van der Waals surface area contributed by atoms with Crippen LogP contribution >= 0.6 is 0 Å². The minimum Gasteiger partial charge on any atom is -0.494 e. The number of aromatic nitrogens is 3. The molecule has 0 spiro atoms. The van der Waals surface area contributed by atoms with Gasteiger partial charge in [0.05, 0.1) is 7.11 Å². The van der Waals surface area contributed by atoms with E-state index in [1.54, 1.807) is 26.8 Å². The number of aliphatic carboxylic acids is 1. The number of nitrogens with one attached hydrogen (secondary N) is 1. The van der Waals surface area contributed by atoms with E-state index in [4.69, 9.17) is 9.47 Å². The van der Waals surface area contributed by atoms with Crippen molar-refractivity contribution in [1.29, 1.82) is 0 Å². The van der Waals surface area contributed by atoms with Gasteiger partial charge < -0.3 is 24.8 Å². The lowest BCUT2D eigenvalue weighted by Gasteiger charge is -2.36. The molecule has 1 aromatic carbocycles. The molecule has 12 heteroatoms. The van der Waals surface area contributed by atoms with E-state index in [0.717, 1.165) is 32.1 Å². The molecule has 0 radical (unpaired) electrons. The summed E-state index contributed by atoms with van der Waals surface area (Å²) in [4.78, 5) is 42.9. The molecule has 1 saturated carbocycles. The zero-order valence-corrected chi connectivity index (χ0v) is 23.2. The molecular formula is C27H37FN6O5. The molecule has 1 aromatic heterocycles. The maximum absolute atomic E-state index is 14.4. The fourth-order valence-corrected chi connectivity index (χ4v) is 5.20. The number of likely N-dealkylation sites (tertiary alicyclic amines) is 1. The second-order valence-corrected chi connectivity index (χ2v) is 11.1. The smallest absolute Gasteiger partial charge is 0.411 e. The Balaban J connectivity index is 1.80. The van der Waals surface area contributed by atoms with Crippen LogP contribution in [-0.4, -0.2) is 69.4 Å². The van der Waals surface area contributed by atoms with Crippen LogP contribution < -0.4 is 15.0 Å². The molecule has 2 fully saturated rings. The van der Waals surface area contributed by atoms with Crippen molar-refractivity contribution in [3.8, 4) is 5.75 Å². The van der Waals surface area contributed by atoms with E-state index in [-0.39, 0.29) is 42.5 Å². The van der Waals surface area contributed by atoms with Crippen LogP contribution in [0.5, 0.6) is 5.75 Å². The molecule has 1 aliphatic carbocycles. The molecule has 2 aromatic rings. The number of carbonyl (C=O) groups excluding carboxylic acids is 1. The summed E-state index contributed by atoms with van der Waals surface area (Å²) in [6, 6.07) is 4.48. The normalized spacial score (nSPS) is 20.0. The summed E-state index contributed by atoms with van der Waals surface area (Å²) in [7, 11) is 3.25. The van der Waals surface area contributed by atoms with Gasteiger partial charge in [-0.1, -0.05) is 19.3 Å². The van der Waals surface area contributed by atoms with E-state index >= 15 is 0 Å². The van der Waals surface area contributed by atoms with Gasteiger partial charge in [-0.3, -0.25) is 4.90 Å². The van der Waals surface area contributed by atoms with Crippen LogP contribution in [0.2, 0.25) is 0 Å². The minimum absolute atomic E-state index is 0.0406. The van der Waals surface area contributed by atoms with Crippen molar-refractivity contribution in [3.05, 3.63) is 29.8 Å². The standard InChI is InChI=1S/C27H37FN6O5/c1-26(2,3)39-25(37)34-15-9-14-27(34,22(35)36)21-30-23(29-17-12-13-20(38-5)19(28)16-17)32-24(31-21)33(4)18-10-7-6-8-11-18/h12-13,16,18H,6-11,14-15H2,1-5H3,(H,35,36)(H,29,30,31,32). The SMILES string of the molecule is COc1ccc(Nc2nc(N(C)C3CCCCC3)nc(C3(C(=O)O)CCCN3C(=O)OC(C)(C)C)n2)cc1F. The number of carboxylic acids is 1. The first-order chi connectivity index (χ1) is 18.4. The zero-order chi connectivity index (χ0) is 28.4. The molecule has 0 bridgehead atoms. The topological polar surface area (TPSA) is 130 Å². The van der Waals surface area contributed by atoms with Gasteiger partial charge in [-0.15, -0.1) is 0 Å². The summed E-state index contributed by atoms with van der Waals surface area (Å²) >= 11 is 0. The number of carboxylic acid groups (broad SMARTS) is 1. The van der Waals surface area contributed by atoms with Gasteiger partial charge in [0.2, 0.25) is 17.4 Å². The molecular weight excluding hydrogens is 507 g/mol. The largest absolute Gasteiger partial charge is 0.494 e. The molecule has 2 N–H and O–H groups in total. The molecule has 1 unspecified atom stereocenters. The summed E-state index contributed by atoms with van der Waals surface area (Å²) in [6.45, 7) is 5.34. The molecule has 1 saturated heterocycles. The Morgan fingerprint density at radius 2 is 1.87 bits per heavy atom. The van der Waals surface area contributed by atoms with E-state index in [0.29, 0.717) is 12.1 Å². The number of halogens is 1. The summed E-state index contributed by atoms with van der Waals surface area (Å²) in [6.07, 6.45) is 5.01. The Morgan fingerprint density at radius 3 is 2.49 bits per heavy atom. The number of nitrogens with zero attached hydrogens (tertiary/aromatic N) is 5. The first kappa shape index (κ1) is 28.3. The Morgan fingerprint density at radius 1 is 1.15 bits per heavy atom. The highest BCUT2D eigenvalue weighted by atomic mass is 19.1. The van der Waals surface area contributed by atoms with Gasteiger partial charge in [0.1, 0.15) is 5.60 Å². The number of methoxy groups -OCH3 is 1. The van der Waals surface area contributed by atoms with E-state index < -0.39 is 29.0 Å². The predicted molar refractivity (Wildman–Crippen MR) is 143 cm³/mol. The van der Waals surface area contributed by atoms with Gasteiger partial charge in [0.25, 0.3) is 0 Å². The quantitative estimate of drug-likeness (QED) is 0.499. The molecule has 1 atom stereocenters. The van der Waals surface area contributed by atoms with Gasteiger partial charge in [-0.05, 0) is 58.6 Å². The van der Waals surface area contributed by atoms with E-state index in [1.807, 2.05) is 11.9 Å². The molecule has 4 rings (SSSR count). The molecule has 2 aliphatic rings. The molecule has 1 aliphatic heterocycles.